The fourth-order valence-corrected chi connectivity index (χ4v) is 1.29. The van der Waals surface area contributed by atoms with Crippen molar-refractivity contribution in [1.29, 1.82) is 0 Å². The Morgan fingerprint density at radius 3 is 2.78 bits per heavy atom. The van der Waals surface area contributed by atoms with Gasteiger partial charge in [-0.15, -0.1) is 0 Å². The van der Waals surface area contributed by atoms with Gasteiger partial charge in [0, 0.05) is 6.54 Å². The van der Waals surface area contributed by atoms with Crippen molar-refractivity contribution in [3.63, 3.8) is 0 Å². The fourth-order valence-electron chi connectivity index (χ4n) is 1.29. The molecular formula is C8H15N. The maximum absolute atomic E-state index is 3.33. The molecular weight excluding hydrogens is 110 g/mol. The topological polar surface area (TPSA) is 12.0 Å². The summed E-state index contributed by atoms with van der Waals surface area (Å²) < 4.78 is 0. The summed E-state index contributed by atoms with van der Waals surface area (Å²) in [6, 6.07) is 0. The zero-order valence-corrected chi connectivity index (χ0v) is 6.28. The first-order valence-corrected chi connectivity index (χ1v) is 3.65. The highest BCUT2D eigenvalue weighted by Gasteiger charge is 2.10. The fraction of sp³-hybridized carbons (Fsp3) is 0.750. The van der Waals surface area contributed by atoms with Crippen molar-refractivity contribution >= 4 is 0 Å². The van der Waals surface area contributed by atoms with E-state index in [-0.39, 0.29) is 0 Å². The van der Waals surface area contributed by atoms with Gasteiger partial charge in [-0.25, -0.2) is 0 Å². The molecule has 1 aliphatic heterocycles. The van der Waals surface area contributed by atoms with Gasteiger partial charge in [-0.3, -0.25) is 0 Å². The second-order valence-electron chi connectivity index (χ2n) is 3.00. The lowest BCUT2D eigenvalue weighted by Gasteiger charge is -1.99. The Morgan fingerprint density at radius 1 is 1.56 bits per heavy atom. The molecule has 1 heterocycles. The van der Waals surface area contributed by atoms with Gasteiger partial charge in [-0.05, 0) is 32.7 Å². The normalized spacial score (nSPS) is 26.2. The first kappa shape index (κ1) is 6.81. The molecule has 52 valence electrons. The summed E-state index contributed by atoms with van der Waals surface area (Å²) in [5.74, 6) is 0.815. The number of rotatable bonds is 1. The molecule has 0 spiro atoms. The van der Waals surface area contributed by atoms with Gasteiger partial charge >= 0.3 is 0 Å². The number of hydrogen-bond donors (Lipinski definition) is 1. The summed E-state index contributed by atoms with van der Waals surface area (Å²) in [4.78, 5) is 0. The lowest BCUT2D eigenvalue weighted by atomic mass is 10.1. The van der Waals surface area contributed by atoms with E-state index in [1.807, 2.05) is 0 Å². The Labute approximate surface area is 57.1 Å². The second kappa shape index (κ2) is 3.02. The molecule has 0 aromatic rings. The van der Waals surface area contributed by atoms with Gasteiger partial charge in [0.05, 0.1) is 0 Å². The van der Waals surface area contributed by atoms with E-state index in [0.717, 1.165) is 5.92 Å². The number of hydrogen-bond acceptors (Lipinski definition) is 1. The minimum Gasteiger partial charge on any atom is -0.316 e. The summed E-state index contributed by atoms with van der Waals surface area (Å²) in [7, 11) is 0. The zero-order valence-electron chi connectivity index (χ0n) is 6.28. The minimum atomic E-state index is 0.815. The van der Waals surface area contributed by atoms with Crippen molar-refractivity contribution < 1.29 is 0 Å². The van der Waals surface area contributed by atoms with Crippen molar-refractivity contribution in [3.05, 3.63) is 11.6 Å². The lowest BCUT2D eigenvalue weighted by Crippen LogP contribution is -2.07. The summed E-state index contributed by atoms with van der Waals surface area (Å²) in [6.07, 6.45) is 3.69. The highest BCUT2D eigenvalue weighted by molar-refractivity contribution is 4.99. The van der Waals surface area contributed by atoms with Crippen LogP contribution in [0.2, 0.25) is 0 Å². The molecule has 1 N–H and O–H groups in total. The van der Waals surface area contributed by atoms with E-state index >= 15 is 0 Å². The Balaban J connectivity index is 2.35. The third-order valence-electron chi connectivity index (χ3n) is 1.67. The van der Waals surface area contributed by atoms with E-state index in [2.05, 4.69) is 25.2 Å². The Hall–Kier alpha value is -0.300. The average Bonchev–Trinajstić information content (AvgIpc) is 2.15. The Kier molecular flexibility index (Phi) is 2.29. The van der Waals surface area contributed by atoms with Crippen LogP contribution in [0.15, 0.2) is 11.6 Å². The highest BCUT2D eigenvalue weighted by atomic mass is 14.9. The molecule has 0 bridgehead atoms. The lowest BCUT2D eigenvalue weighted by molar-refractivity contribution is 0.722. The molecule has 1 saturated heterocycles. The van der Waals surface area contributed by atoms with Crippen molar-refractivity contribution in [2.75, 3.05) is 13.1 Å². The van der Waals surface area contributed by atoms with Gasteiger partial charge in [0.25, 0.3) is 0 Å². The van der Waals surface area contributed by atoms with E-state index < -0.39 is 0 Å². The van der Waals surface area contributed by atoms with Crippen LogP contribution in [-0.2, 0) is 0 Å². The summed E-state index contributed by atoms with van der Waals surface area (Å²) >= 11 is 0. The van der Waals surface area contributed by atoms with E-state index in [1.165, 1.54) is 25.1 Å². The largest absolute Gasteiger partial charge is 0.316 e. The standard InChI is InChI=1S/C8H15N/c1-7(2)5-8-3-4-9-6-8/h5,8-9H,3-4,6H2,1-2H3. The molecule has 1 aliphatic rings. The first-order valence-electron chi connectivity index (χ1n) is 3.65. The van der Waals surface area contributed by atoms with Crippen molar-refractivity contribution in [2.24, 2.45) is 5.92 Å². The minimum absolute atomic E-state index is 0.815. The molecule has 1 fully saturated rings. The van der Waals surface area contributed by atoms with Crippen LogP contribution in [0.25, 0.3) is 0 Å². The molecule has 0 aromatic carbocycles. The molecule has 1 rings (SSSR count). The van der Waals surface area contributed by atoms with Crippen LogP contribution in [0.5, 0.6) is 0 Å². The second-order valence-corrected chi connectivity index (χ2v) is 3.00. The molecule has 0 aromatic heterocycles. The third kappa shape index (κ3) is 2.19. The number of nitrogens with one attached hydrogen (secondary N) is 1. The van der Waals surface area contributed by atoms with Crippen LogP contribution < -0.4 is 5.32 Å². The molecule has 1 atom stereocenters. The maximum Gasteiger partial charge on any atom is 0.00147 e. The molecule has 0 amide bonds. The van der Waals surface area contributed by atoms with E-state index in [4.69, 9.17) is 0 Å². The van der Waals surface area contributed by atoms with Crippen molar-refractivity contribution in [3.8, 4) is 0 Å². The average molecular weight is 125 g/mol. The van der Waals surface area contributed by atoms with Crippen LogP contribution in [0.4, 0.5) is 0 Å². The summed E-state index contributed by atoms with van der Waals surface area (Å²) in [5.41, 5.74) is 1.45. The molecule has 0 aliphatic carbocycles. The van der Waals surface area contributed by atoms with Gasteiger partial charge in [-0.2, -0.15) is 0 Å². The molecule has 0 radical (unpaired) electrons. The van der Waals surface area contributed by atoms with Crippen molar-refractivity contribution in [2.45, 2.75) is 20.3 Å². The molecule has 0 saturated carbocycles. The smallest absolute Gasteiger partial charge is 0.00147 e. The van der Waals surface area contributed by atoms with Crippen LogP contribution >= 0.6 is 0 Å². The highest BCUT2D eigenvalue weighted by Crippen LogP contribution is 2.10. The molecule has 9 heavy (non-hydrogen) atoms. The van der Waals surface area contributed by atoms with Gasteiger partial charge < -0.3 is 5.32 Å². The Morgan fingerprint density at radius 2 is 2.33 bits per heavy atom. The summed E-state index contributed by atoms with van der Waals surface area (Å²) in [6.45, 7) is 6.72. The SMILES string of the molecule is CC(C)=CC1CCNC1. The van der Waals surface area contributed by atoms with E-state index in [9.17, 15) is 0 Å². The monoisotopic (exact) mass is 125 g/mol. The van der Waals surface area contributed by atoms with E-state index in [1.54, 1.807) is 0 Å². The molecule has 1 unspecified atom stereocenters. The van der Waals surface area contributed by atoms with Crippen LogP contribution in [-0.4, -0.2) is 13.1 Å². The molecule has 1 heteroatoms. The third-order valence-corrected chi connectivity index (χ3v) is 1.67. The zero-order chi connectivity index (χ0) is 6.69. The Bertz CT molecular complexity index is 106. The van der Waals surface area contributed by atoms with Crippen LogP contribution in [0.1, 0.15) is 20.3 Å². The predicted molar refractivity (Wildman–Crippen MR) is 40.4 cm³/mol. The first-order chi connectivity index (χ1) is 4.29. The van der Waals surface area contributed by atoms with Gasteiger partial charge in [0.1, 0.15) is 0 Å². The quantitative estimate of drug-likeness (QED) is 0.524. The molecule has 1 nitrogen and oxygen atoms in total. The van der Waals surface area contributed by atoms with Gasteiger partial charge in [-0.1, -0.05) is 11.6 Å². The van der Waals surface area contributed by atoms with Gasteiger partial charge in [0.15, 0.2) is 0 Å². The van der Waals surface area contributed by atoms with Crippen LogP contribution in [0, 0.1) is 5.92 Å². The van der Waals surface area contributed by atoms with Crippen LogP contribution in [0.3, 0.4) is 0 Å². The number of allylic oxidation sites excluding steroid dienone is 1. The van der Waals surface area contributed by atoms with E-state index in [0.29, 0.717) is 0 Å². The van der Waals surface area contributed by atoms with Crippen molar-refractivity contribution in [1.82, 2.24) is 5.32 Å². The van der Waals surface area contributed by atoms with Gasteiger partial charge in [0.2, 0.25) is 0 Å². The maximum atomic E-state index is 3.33. The summed E-state index contributed by atoms with van der Waals surface area (Å²) in [5, 5.41) is 3.33. The predicted octanol–water partition coefficient (Wildman–Crippen LogP) is 1.56.